The van der Waals surface area contributed by atoms with E-state index in [0.717, 1.165) is 18.7 Å². The number of nitrogens with one attached hydrogen (secondary N) is 1. The molecule has 0 spiro atoms. The van der Waals surface area contributed by atoms with Crippen LogP contribution in [-0.2, 0) is 0 Å². The Kier molecular flexibility index (Phi) is 4.85. The van der Waals surface area contributed by atoms with Crippen LogP contribution in [0.25, 0.3) is 0 Å². The average molecular weight is 329 g/mol. The zero-order chi connectivity index (χ0) is 17.1. The number of nitrogens with zero attached hydrogens (tertiary/aromatic N) is 2. The first-order valence-electron chi connectivity index (χ1n) is 8.10. The van der Waals surface area contributed by atoms with Gasteiger partial charge in [-0.2, -0.15) is 0 Å². The minimum Gasteiger partial charge on any atom is -0.388 e. The van der Waals surface area contributed by atoms with Crippen LogP contribution in [0.1, 0.15) is 60.1 Å². The van der Waals surface area contributed by atoms with Crippen LogP contribution in [0.2, 0.25) is 0 Å². The second-order valence-corrected chi connectivity index (χ2v) is 6.25. The van der Waals surface area contributed by atoms with Crippen molar-refractivity contribution in [2.24, 2.45) is 0 Å². The number of hydrogen-bond donors (Lipinski definition) is 2. The van der Waals surface area contributed by atoms with Crippen molar-refractivity contribution >= 4 is 5.91 Å². The molecule has 1 aromatic heterocycles. The number of carbonyl (C=O) groups excluding carboxylic acids is 1. The number of aliphatic hydroxyl groups excluding tert-OH is 1. The maximum Gasteiger partial charge on any atom is 0.270 e. The van der Waals surface area contributed by atoms with E-state index in [0.29, 0.717) is 23.6 Å². The highest BCUT2D eigenvalue weighted by molar-refractivity contribution is 5.92. The Balaban J connectivity index is 1.57. The van der Waals surface area contributed by atoms with Crippen molar-refractivity contribution in [1.29, 1.82) is 0 Å². The van der Waals surface area contributed by atoms with Gasteiger partial charge < -0.3 is 10.4 Å². The van der Waals surface area contributed by atoms with Crippen LogP contribution in [0, 0.1) is 5.82 Å². The molecule has 0 aliphatic heterocycles. The molecule has 2 unspecified atom stereocenters. The molecular formula is C18H20FN3O2. The topological polar surface area (TPSA) is 75.1 Å². The highest BCUT2D eigenvalue weighted by atomic mass is 19.1. The summed E-state index contributed by atoms with van der Waals surface area (Å²) in [6.07, 6.45) is 3.32. The molecule has 3 rings (SSSR count). The van der Waals surface area contributed by atoms with Gasteiger partial charge in [-0.25, -0.2) is 14.4 Å². The molecule has 24 heavy (non-hydrogen) atoms. The van der Waals surface area contributed by atoms with Gasteiger partial charge >= 0.3 is 0 Å². The number of rotatable bonds is 6. The van der Waals surface area contributed by atoms with E-state index in [1.54, 1.807) is 24.4 Å². The lowest BCUT2D eigenvalue weighted by Gasteiger charge is -2.18. The normalized spacial score (nSPS) is 16.5. The van der Waals surface area contributed by atoms with Crippen LogP contribution < -0.4 is 5.32 Å². The first-order chi connectivity index (χ1) is 11.5. The average Bonchev–Trinajstić information content (AvgIpc) is 3.40. The number of amides is 1. The summed E-state index contributed by atoms with van der Waals surface area (Å²) < 4.78 is 12.9. The van der Waals surface area contributed by atoms with E-state index in [2.05, 4.69) is 15.3 Å². The van der Waals surface area contributed by atoms with E-state index < -0.39 is 6.10 Å². The molecule has 6 heteroatoms. The Labute approximate surface area is 140 Å². The Morgan fingerprint density at radius 3 is 2.71 bits per heavy atom. The third-order valence-corrected chi connectivity index (χ3v) is 4.06. The van der Waals surface area contributed by atoms with Gasteiger partial charge in [0.05, 0.1) is 6.10 Å². The van der Waals surface area contributed by atoms with Crippen molar-refractivity contribution in [2.45, 2.75) is 44.2 Å². The lowest BCUT2D eigenvalue weighted by atomic mass is 10.0. The van der Waals surface area contributed by atoms with Gasteiger partial charge in [-0.05, 0) is 49.9 Å². The number of benzene rings is 1. The predicted molar refractivity (Wildman–Crippen MR) is 86.9 cm³/mol. The fourth-order valence-electron chi connectivity index (χ4n) is 2.55. The second kappa shape index (κ2) is 7.05. The Hall–Kier alpha value is -2.34. The predicted octanol–water partition coefficient (Wildman–Crippen LogP) is 2.74. The van der Waals surface area contributed by atoms with Crippen molar-refractivity contribution in [1.82, 2.24) is 15.3 Å². The van der Waals surface area contributed by atoms with Crippen LogP contribution in [0.15, 0.2) is 36.5 Å². The number of halogens is 1. The molecule has 1 aromatic carbocycles. The molecule has 126 valence electrons. The molecule has 5 nitrogen and oxygen atoms in total. The number of aromatic nitrogens is 2. The fraction of sp³-hybridized carbons (Fsp3) is 0.389. The third-order valence-electron chi connectivity index (χ3n) is 4.06. The first kappa shape index (κ1) is 16.5. The van der Waals surface area contributed by atoms with Crippen LogP contribution in [-0.4, -0.2) is 27.0 Å². The van der Waals surface area contributed by atoms with Gasteiger partial charge in [0.2, 0.25) is 0 Å². The molecule has 1 amide bonds. The summed E-state index contributed by atoms with van der Waals surface area (Å²) >= 11 is 0. The number of carbonyl (C=O) groups is 1. The summed E-state index contributed by atoms with van der Waals surface area (Å²) in [6, 6.07) is 7.04. The van der Waals surface area contributed by atoms with E-state index >= 15 is 0 Å². The molecular weight excluding hydrogens is 309 g/mol. The molecule has 2 atom stereocenters. The fourth-order valence-corrected chi connectivity index (χ4v) is 2.55. The standard InChI is InChI=1S/C18H20FN3O2/c1-11(10-16(23)12-4-6-14(19)7-5-12)21-18(24)15-8-9-20-17(22-15)13-2-3-13/h4-9,11,13,16,23H,2-3,10H2,1H3,(H,21,24). The van der Waals surface area contributed by atoms with E-state index in [-0.39, 0.29) is 17.8 Å². The van der Waals surface area contributed by atoms with Crippen LogP contribution in [0.4, 0.5) is 4.39 Å². The van der Waals surface area contributed by atoms with E-state index in [1.807, 2.05) is 6.92 Å². The van der Waals surface area contributed by atoms with Gasteiger partial charge in [-0.1, -0.05) is 12.1 Å². The second-order valence-electron chi connectivity index (χ2n) is 6.25. The zero-order valence-corrected chi connectivity index (χ0v) is 13.4. The lowest BCUT2D eigenvalue weighted by Crippen LogP contribution is -2.34. The number of aliphatic hydroxyl groups is 1. The Bertz CT molecular complexity index is 716. The molecule has 1 heterocycles. The molecule has 0 radical (unpaired) electrons. The van der Waals surface area contributed by atoms with Gasteiger partial charge in [0.25, 0.3) is 5.91 Å². The number of hydrogen-bond acceptors (Lipinski definition) is 4. The van der Waals surface area contributed by atoms with Crippen molar-refractivity contribution in [3.63, 3.8) is 0 Å². The van der Waals surface area contributed by atoms with Crippen molar-refractivity contribution in [2.75, 3.05) is 0 Å². The van der Waals surface area contributed by atoms with Crippen LogP contribution in [0.3, 0.4) is 0 Å². The summed E-state index contributed by atoms with van der Waals surface area (Å²) in [4.78, 5) is 20.8. The summed E-state index contributed by atoms with van der Waals surface area (Å²) in [7, 11) is 0. The molecule has 2 N–H and O–H groups in total. The minimum absolute atomic E-state index is 0.253. The summed E-state index contributed by atoms with van der Waals surface area (Å²) in [5, 5.41) is 13.0. The maximum atomic E-state index is 12.9. The summed E-state index contributed by atoms with van der Waals surface area (Å²) in [5.41, 5.74) is 0.963. The highest BCUT2D eigenvalue weighted by Crippen LogP contribution is 2.37. The molecule has 1 aliphatic carbocycles. The first-order valence-corrected chi connectivity index (χ1v) is 8.10. The quantitative estimate of drug-likeness (QED) is 0.854. The van der Waals surface area contributed by atoms with E-state index in [9.17, 15) is 14.3 Å². The monoisotopic (exact) mass is 329 g/mol. The summed E-state index contributed by atoms with van der Waals surface area (Å²) in [5.74, 6) is 0.484. The van der Waals surface area contributed by atoms with Crippen LogP contribution in [0.5, 0.6) is 0 Å². The minimum atomic E-state index is -0.770. The molecule has 0 bridgehead atoms. The van der Waals surface area contributed by atoms with Gasteiger partial charge in [-0.3, -0.25) is 4.79 Å². The molecule has 0 saturated heterocycles. The Morgan fingerprint density at radius 1 is 1.33 bits per heavy atom. The van der Waals surface area contributed by atoms with E-state index in [4.69, 9.17) is 0 Å². The highest BCUT2D eigenvalue weighted by Gasteiger charge is 2.27. The third kappa shape index (κ3) is 4.14. The van der Waals surface area contributed by atoms with E-state index in [1.165, 1.54) is 12.1 Å². The molecule has 2 aromatic rings. The molecule has 1 aliphatic rings. The van der Waals surface area contributed by atoms with Gasteiger partial charge in [0, 0.05) is 18.2 Å². The van der Waals surface area contributed by atoms with Crippen molar-refractivity contribution in [3.8, 4) is 0 Å². The molecule has 1 saturated carbocycles. The van der Waals surface area contributed by atoms with Gasteiger partial charge in [-0.15, -0.1) is 0 Å². The van der Waals surface area contributed by atoms with Crippen LogP contribution >= 0.6 is 0 Å². The molecule has 1 fully saturated rings. The zero-order valence-electron chi connectivity index (χ0n) is 13.4. The SMILES string of the molecule is CC(CC(O)c1ccc(F)cc1)NC(=O)c1ccnc(C2CC2)n1. The van der Waals surface area contributed by atoms with Gasteiger partial charge in [0.15, 0.2) is 0 Å². The Morgan fingerprint density at radius 2 is 2.04 bits per heavy atom. The maximum absolute atomic E-state index is 12.9. The van der Waals surface area contributed by atoms with Crippen molar-refractivity contribution in [3.05, 3.63) is 59.4 Å². The largest absolute Gasteiger partial charge is 0.388 e. The lowest BCUT2D eigenvalue weighted by molar-refractivity contribution is 0.0911. The van der Waals surface area contributed by atoms with Crippen molar-refractivity contribution < 1.29 is 14.3 Å². The summed E-state index contributed by atoms with van der Waals surface area (Å²) in [6.45, 7) is 1.81. The smallest absolute Gasteiger partial charge is 0.270 e. The van der Waals surface area contributed by atoms with Gasteiger partial charge in [0.1, 0.15) is 17.3 Å².